The fourth-order valence-corrected chi connectivity index (χ4v) is 4.37. The van der Waals surface area contributed by atoms with Gasteiger partial charge < -0.3 is 10.6 Å². The van der Waals surface area contributed by atoms with E-state index >= 15 is 0 Å². The number of carbonyl (C=O) groups is 2. The van der Waals surface area contributed by atoms with Crippen molar-refractivity contribution in [2.75, 3.05) is 5.32 Å². The molecule has 7 heteroatoms. The number of rotatable bonds is 7. The Bertz CT molecular complexity index is 1260. The smallest absolute Gasteiger partial charge is 0.255 e. The maximum Gasteiger partial charge on any atom is 0.255 e. The number of benzene rings is 2. The summed E-state index contributed by atoms with van der Waals surface area (Å²) in [5.41, 5.74) is 3.82. The first kappa shape index (κ1) is 21.2. The second-order valence-corrected chi connectivity index (χ2v) is 9.18. The molecule has 166 valence electrons. The molecule has 2 amide bonds. The molecule has 2 aromatic heterocycles. The van der Waals surface area contributed by atoms with Crippen LogP contribution >= 0.6 is 11.3 Å². The van der Waals surface area contributed by atoms with E-state index in [0.717, 1.165) is 34.7 Å². The van der Waals surface area contributed by atoms with Crippen molar-refractivity contribution in [3.8, 4) is 16.3 Å². The highest BCUT2D eigenvalue weighted by atomic mass is 32.1. The van der Waals surface area contributed by atoms with Crippen molar-refractivity contribution in [2.24, 2.45) is 5.92 Å². The van der Waals surface area contributed by atoms with E-state index in [1.54, 1.807) is 22.2 Å². The number of hydrogen-bond acceptors (Lipinski definition) is 4. The van der Waals surface area contributed by atoms with Crippen LogP contribution in [0.4, 0.5) is 5.69 Å². The van der Waals surface area contributed by atoms with Gasteiger partial charge in [0.15, 0.2) is 0 Å². The van der Waals surface area contributed by atoms with Gasteiger partial charge in [0.2, 0.25) is 5.91 Å². The Hall–Kier alpha value is -3.71. The third kappa shape index (κ3) is 4.73. The third-order valence-corrected chi connectivity index (χ3v) is 6.58. The maximum absolute atomic E-state index is 13.3. The third-order valence-electron chi connectivity index (χ3n) is 5.71. The molecule has 6 nitrogen and oxygen atoms in total. The summed E-state index contributed by atoms with van der Waals surface area (Å²) in [6, 6.07) is 21.1. The van der Waals surface area contributed by atoms with Crippen molar-refractivity contribution in [2.45, 2.75) is 25.8 Å². The van der Waals surface area contributed by atoms with E-state index in [2.05, 4.69) is 10.6 Å². The Morgan fingerprint density at radius 1 is 1.03 bits per heavy atom. The molecule has 1 fully saturated rings. The van der Waals surface area contributed by atoms with Crippen LogP contribution in [-0.2, 0) is 4.79 Å². The van der Waals surface area contributed by atoms with Crippen molar-refractivity contribution < 1.29 is 9.59 Å². The van der Waals surface area contributed by atoms with Crippen LogP contribution in [0.3, 0.4) is 0 Å². The monoisotopic (exact) mass is 456 g/mol. The fourth-order valence-electron chi connectivity index (χ4n) is 3.65. The van der Waals surface area contributed by atoms with Gasteiger partial charge in [-0.3, -0.25) is 9.59 Å². The number of carbonyl (C=O) groups excluding carboxylic acids is 2. The van der Waals surface area contributed by atoms with Crippen LogP contribution in [0.25, 0.3) is 16.3 Å². The second kappa shape index (κ2) is 9.03. The van der Waals surface area contributed by atoms with Crippen molar-refractivity contribution >= 4 is 28.8 Å². The van der Waals surface area contributed by atoms with Crippen molar-refractivity contribution in [1.82, 2.24) is 15.1 Å². The summed E-state index contributed by atoms with van der Waals surface area (Å²) >= 11 is 1.55. The van der Waals surface area contributed by atoms with E-state index < -0.39 is 0 Å². The minimum absolute atomic E-state index is 0.0839. The van der Waals surface area contributed by atoms with Gasteiger partial charge in [-0.05, 0) is 61.0 Å². The predicted molar refractivity (Wildman–Crippen MR) is 131 cm³/mol. The van der Waals surface area contributed by atoms with Crippen LogP contribution in [0.5, 0.6) is 0 Å². The lowest BCUT2D eigenvalue weighted by molar-refractivity contribution is -0.117. The molecule has 2 N–H and O–H groups in total. The molecule has 2 heterocycles. The minimum atomic E-state index is -0.207. The molecule has 4 aromatic rings. The minimum Gasteiger partial charge on any atom is -0.345 e. The fraction of sp³-hybridized carbons (Fsp3) is 0.192. The first-order valence-electron chi connectivity index (χ1n) is 11.0. The summed E-state index contributed by atoms with van der Waals surface area (Å²) in [7, 11) is 0. The molecule has 1 atom stereocenters. The summed E-state index contributed by atoms with van der Waals surface area (Å²) in [5, 5.41) is 12.7. The van der Waals surface area contributed by atoms with Gasteiger partial charge in [0, 0.05) is 17.8 Å². The highest BCUT2D eigenvalue weighted by Gasteiger charge is 2.29. The Kier molecular flexibility index (Phi) is 5.79. The number of hydrogen-bond donors (Lipinski definition) is 2. The van der Waals surface area contributed by atoms with Crippen LogP contribution in [0.1, 0.15) is 41.7 Å². The zero-order chi connectivity index (χ0) is 22.8. The molecule has 2 aromatic carbocycles. The van der Waals surface area contributed by atoms with Gasteiger partial charge in [0.25, 0.3) is 5.91 Å². The van der Waals surface area contributed by atoms with Gasteiger partial charge in [-0.15, -0.1) is 11.3 Å². The second-order valence-electron chi connectivity index (χ2n) is 8.23. The van der Waals surface area contributed by atoms with Crippen LogP contribution in [-0.4, -0.2) is 21.6 Å². The molecular formula is C26H24N4O2S. The van der Waals surface area contributed by atoms with E-state index in [-0.39, 0.29) is 23.8 Å². The molecular weight excluding hydrogens is 432 g/mol. The van der Waals surface area contributed by atoms with Crippen molar-refractivity contribution in [3.63, 3.8) is 0 Å². The molecule has 0 radical (unpaired) electrons. The Labute approximate surface area is 196 Å². The molecule has 1 aliphatic carbocycles. The standard InChI is InChI=1S/C26H24N4O2S/c1-17(18-11-13-20(14-12-18)28-25(31)19-9-10-19)27-26(32)22-16-30(21-6-3-2-4-7-21)29-24(22)23-8-5-15-33-23/h2-8,11-17,19H,9-10H2,1H3,(H,27,32)(H,28,31). The number of para-hydroxylation sites is 1. The summed E-state index contributed by atoms with van der Waals surface area (Å²) < 4.78 is 1.74. The number of nitrogens with zero attached hydrogens (tertiary/aromatic N) is 2. The maximum atomic E-state index is 13.3. The predicted octanol–water partition coefficient (Wildman–Crippen LogP) is 5.44. The Morgan fingerprint density at radius 3 is 2.45 bits per heavy atom. The lowest BCUT2D eigenvalue weighted by atomic mass is 10.1. The van der Waals surface area contributed by atoms with E-state index in [1.807, 2.05) is 79.0 Å². The summed E-state index contributed by atoms with van der Waals surface area (Å²) in [4.78, 5) is 26.2. The van der Waals surface area contributed by atoms with Crippen molar-refractivity contribution in [3.05, 3.63) is 89.4 Å². The lowest BCUT2D eigenvalue weighted by Crippen LogP contribution is -2.26. The quantitative estimate of drug-likeness (QED) is 0.389. The SMILES string of the molecule is CC(NC(=O)c1cn(-c2ccccc2)nc1-c1cccs1)c1ccc(NC(=O)C2CC2)cc1. The Morgan fingerprint density at radius 2 is 1.79 bits per heavy atom. The average Bonchev–Trinajstić information content (AvgIpc) is 3.36. The molecule has 0 saturated heterocycles. The highest BCUT2D eigenvalue weighted by molar-refractivity contribution is 7.13. The topological polar surface area (TPSA) is 76.0 Å². The van der Waals surface area contributed by atoms with Gasteiger partial charge in [-0.1, -0.05) is 36.4 Å². The summed E-state index contributed by atoms with van der Waals surface area (Å²) in [5.74, 6) is 0.0667. The van der Waals surface area contributed by atoms with E-state index in [0.29, 0.717) is 11.3 Å². The zero-order valence-corrected chi connectivity index (χ0v) is 19.0. The largest absolute Gasteiger partial charge is 0.345 e. The Balaban J connectivity index is 1.34. The van der Waals surface area contributed by atoms with Gasteiger partial charge in [0.05, 0.1) is 22.2 Å². The van der Waals surface area contributed by atoms with E-state index in [9.17, 15) is 9.59 Å². The normalized spacial score (nSPS) is 14.0. The number of anilines is 1. The molecule has 0 spiro atoms. The van der Waals surface area contributed by atoms with Crippen LogP contribution < -0.4 is 10.6 Å². The van der Waals surface area contributed by atoms with Gasteiger partial charge in [0.1, 0.15) is 5.69 Å². The van der Waals surface area contributed by atoms with Crippen molar-refractivity contribution in [1.29, 1.82) is 0 Å². The average molecular weight is 457 g/mol. The molecule has 5 rings (SSSR count). The first-order chi connectivity index (χ1) is 16.1. The number of thiophene rings is 1. The zero-order valence-electron chi connectivity index (χ0n) is 18.2. The molecule has 0 bridgehead atoms. The number of aromatic nitrogens is 2. The van der Waals surface area contributed by atoms with Gasteiger partial charge >= 0.3 is 0 Å². The molecule has 0 aliphatic heterocycles. The number of nitrogens with one attached hydrogen (secondary N) is 2. The number of amides is 2. The van der Waals surface area contributed by atoms with Crippen LogP contribution in [0.2, 0.25) is 0 Å². The summed E-state index contributed by atoms with van der Waals surface area (Å²) in [6.45, 7) is 1.95. The van der Waals surface area contributed by atoms with E-state index in [4.69, 9.17) is 5.10 Å². The van der Waals surface area contributed by atoms with Gasteiger partial charge in [-0.25, -0.2) is 4.68 Å². The highest BCUT2D eigenvalue weighted by Crippen LogP contribution is 2.31. The molecule has 1 aliphatic rings. The van der Waals surface area contributed by atoms with Crippen LogP contribution in [0, 0.1) is 5.92 Å². The molecule has 1 unspecified atom stereocenters. The van der Waals surface area contributed by atoms with Gasteiger partial charge in [-0.2, -0.15) is 5.10 Å². The summed E-state index contributed by atoms with van der Waals surface area (Å²) in [6.07, 6.45) is 3.73. The first-order valence-corrected chi connectivity index (χ1v) is 11.9. The molecule has 1 saturated carbocycles. The molecule has 33 heavy (non-hydrogen) atoms. The van der Waals surface area contributed by atoms with E-state index in [1.165, 1.54) is 0 Å². The van der Waals surface area contributed by atoms with Crippen LogP contribution in [0.15, 0.2) is 78.3 Å². The lowest BCUT2D eigenvalue weighted by Gasteiger charge is -2.15.